The monoisotopic (exact) mass is 458 g/mol. The van der Waals surface area contributed by atoms with Crippen molar-refractivity contribution in [2.45, 2.75) is 75.3 Å². The molecule has 2 aromatic carbocycles. The van der Waals surface area contributed by atoms with Gasteiger partial charge in [0, 0.05) is 6.04 Å². The molecule has 1 unspecified atom stereocenters. The molecule has 0 aliphatic heterocycles. The highest BCUT2D eigenvalue weighted by Gasteiger charge is 2.28. The molecule has 6 nitrogen and oxygen atoms in total. The molecule has 7 heteroatoms. The van der Waals surface area contributed by atoms with Crippen molar-refractivity contribution in [2.75, 3.05) is 7.11 Å². The van der Waals surface area contributed by atoms with Gasteiger partial charge in [-0.2, -0.15) is 4.72 Å². The number of hydrogen-bond acceptors (Lipinski definition) is 4. The summed E-state index contributed by atoms with van der Waals surface area (Å²) in [5.74, 6) is 0.347. The van der Waals surface area contributed by atoms with Crippen molar-refractivity contribution in [3.8, 4) is 5.75 Å². The summed E-state index contributed by atoms with van der Waals surface area (Å²) in [7, 11) is -2.35. The van der Waals surface area contributed by atoms with Crippen LogP contribution in [0.4, 0.5) is 0 Å². The van der Waals surface area contributed by atoms with Gasteiger partial charge >= 0.3 is 0 Å². The molecule has 0 aromatic heterocycles. The number of carbonyl (C=O) groups is 1. The van der Waals surface area contributed by atoms with Crippen molar-refractivity contribution in [2.24, 2.45) is 0 Å². The number of sulfonamides is 1. The van der Waals surface area contributed by atoms with Crippen molar-refractivity contribution in [3.05, 3.63) is 59.7 Å². The number of methoxy groups -OCH3 is 1. The van der Waals surface area contributed by atoms with E-state index in [-0.39, 0.29) is 23.3 Å². The zero-order valence-corrected chi connectivity index (χ0v) is 19.8. The highest BCUT2D eigenvalue weighted by Crippen LogP contribution is 2.22. The lowest BCUT2D eigenvalue weighted by atomic mass is 9.96. The number of hydrogen-bond donors (Lipinski definition) is 2. The lowest BCUT2D eigenvalue weighted by Gasteiger charge is -2.25. The molecule has 0 saturated heterocycles. The summed E-state index contributed by atoms with van der Waals surface area (Å²) in [5.41, 5.74) is 1.62. The first-order valence-corrected chi connectivity index (χ1v) is 12.9. The molecule has 2 N–H and O–H groups in total. The van der Waals surface area contributed by atoms with Crippen LogP contribution in [0.5, 0.6) is 5.75 Å². The van der Waals surface area contributed by atoms with Gasteiger partial charge in [0.15, 0.2) is 0 Å². The van der Waals surface area contributed by atoms with Gasteiger partial charge in [0.05, 0.1) is 12.0 Å². The number of benzene rings is 2. The predicted molar refractivity (Wildman–Crippen MR) is 126 cm³/mol. The minimum Gasteiger partial charge on any atom is -0.496 e. The predicted octanol–water partition coefficient (Wildman–Crippen LogP) is 4.12. The van der Waals surface area contributed by atoms with Gasteiger partial charge in [-0.1, -0.05) is 62.4 Å². The number of ether oxygens (including phenoxy) is 1. The summed E-state index contributed by atoms with van der Waals surface area (Å²) in [4.78, 5) is 13.4. The summed E-state index contributed by atoms with van der Waals surface area (Å²) >= 11 is 0. The van der Waals surface area contributed by atoms with Crippen molar-refractivity contribution in [1.29, 1.82) is 0 Å². The van der Waals surface area contributed by atoms with Crippen LogP contribution in [0.3, 0.4) is 0 Å². The van der Waals surface area contributed by atoms with Crippen LogP contribution < -0.4 is 14.8 Å². The molecule has 2 aromatic rings. The van der Waals surface area contributed by atoms with E-state index in [1.807, 2.05) is 30.3 Å². The van der Waals surface area contributed by atoms with Gasteiger partial charge in [-0.05, 0) is 55.5 Å². The van der Waals surface area contributed by atoms with E-state index in [9.17, 15) is 13.2 Å². The second-order valence-corrected chi connectivity index (χ2v) is 10.3. The maximum atomic E-state index is 13.2. The molecule has 0 spiro atoms. The van der Waals surface area contributed by atoms with Crippen molar-refractivity contribution < 1.29 is 17.9 Å². The Morgan fingerprint density at radius 3 is 2.31 bits per heavy atom. The lowest BCUT2D eigenvalue weighted by Crippen LogP contribution is -2.50. The molecule has 32 heavy (non-hydrogen) atoms. The van der Waals surface area contributed by atoms with Crippen LogP contribution in [0.15, 0.2) is 53.4 Å². The normalized spacial score (nSPS) is 16.6. The number of carbonyl (C=O) groups excluding carboxylic acids is 1. The van der Waals surface area contributed by atoms with Crippen LogP contribution in [0, 0.1) is 6.92 Å². The molecule has 1 aliphatic rings. The molecule has 1 aliphatic carbocycles. The Kier molecular flexibility index (Phi) is 8.70. The first kappa shape index (κ1) is 24.3. The Labute approximate surface area is 191 Å². The Hall–Kier alpha value is -2.38. The van der Waals surface area contributed by atoms with Crippen molar-refractivity contribution in [3.63, 3.8) is 0 Å². The molecule has 3 rings (SSSR count). The highest BCUT2D eigenvalue weighted by atomic mass is 32.2. The van der Waals surface area contributed by atoms with Crippen LogP contribution in [0.25, 0.3) is 0 Å². The van der Waals surface area contributed by atoms with Gasteiger partial charge in [-0.3, -0.25) is 4.79 Å². The number of nitrogens with one attached hydrogen (secondary N) is 2. The Morgan fingerprint density at radius 2 is 1.69 bits per heavy atom. The third-order valence-corrected chi connectivity index (χ3v) is 7.49. The average molecular weight is 459 g/mol. The van der Waals surface area contributed by atoms with Crippen molar-refractivity contribution >= 4 is 15.9 Å². The van der Waals surface area contributed by atoms with Crippen LogP contribution >= 0.6 is 0 Å². The van der Waals surface area contributed by atoms with Gasteiger partial charge in [0.1, 0.15) is 11.8 Å². The molecule has 1 amide bonds. The Bertz CT molecular complexity index is 984. The van der Waals surface area contributed by atoms with E-state index in [0.29, 0.717) is 11.3 Å². The van der Waals surface area contributed by atoms with E-state index in [4.69, 9.17) is 4.74 Å². The zero-order chi connectivity index (χ0) is 23.0. The van der Waals surface area contributed by atoms with E-state index in [0.717, 1.165) is 31.2 Å². The molecule has 1 saturated carbocycles. The first-order valence-electron chi connectivity index (χ1n) is 11.4. The Morgan fingerprint density at radius 1 is 1.03 bits per heavy atom. The van der Waals surface area contributed by atoms with Gasteiger partial charge in [0.25, 0.3) is 0 Å². The van der Waals surface area contributed by atoms with Crippen LogP contribution in [0.1, 0.15) is 56.1 Å². The minimum atomic E-state index is -3.89. The van der Waals surface area contributed by atoms with E-state index < -0.39 is 16.1 Å². The fraction of sp³-hybridized carbons (Fsp3) is 0.480. The molecule has 174 valence electrons. The molecular weight excluding hydrogens is 424 g/mol. The van der Waals surface area contributed by atoms with E-state index >= 15 is 0 Å². The molecule has 0 heterocycles. The molecular formula is C25H34N2O4S. The van der Waals surface area contributed by atoms with E-state index in [2.05, 4.69) is 10.0 Å². The minimum absolute atomic E-state index is 0.0915. The summed E-state index contributed by atoms with van der Waals surface area (Å²) in [6.07, 6.45) is 7.96. The van der Waals surface area contributed by atoms with Gasteiger partial charge < -0.3 is 10.1 Å². The van der Waals surface area contributed by atoms with Crippen molar-refractivity contribution in [1.82, 2.24) is 10.0 Å². The van der Waals surface area contributed by atoms with E-state index in [1.54, 1.807) is 26.2 Å². The fourth-order valence-corrected chi connectivity index (χ4v) is 5.49. The topological polar surface area (TPSA) is 84.5 Å². The maximum Gasteiger partial charge on any atom is 0.241 e. The third kappa shape index (κ3) is 6.81. The fourth-order valence-electron chi connectivity index (χ4n) is 4.21. The second kappa shape index (κ2) is 11.5. The summed E-state index contributed by atoms with van der Waals surface area (Å²) in [6.45, 7) is 1.79. The zero-order valence-electron chi connectivity index (χ0n) is 19.0. The quantitative estimate of drug-likeness (QED) is 0.623. The van der Waals surface area contributed by atoms with E-state index in [1.165, 1.54) is 25.3 Å². The third-order valence-electron chi connectivity index (χ3n) is 6.02. The Balaban J connectivity index is 1.80. The molecule has 0 radical (unpaired) electrons. The molecule has 1 atom stereocenters. The van der Waals surface area contributed by atoms with Gasteiger partial charge in [0.2, 0.25) is 15.9 Å². The van der Waals surface area contributed by atoms with Crippen LogP contribution in [-0.2, 0) is 21.2 Å². The standard InChI is InChI=1S/C25H34N2O4S/c1-19-17-22(15-16-24(19)31-2)32(29,30)27-23(18-20-11-7-6-8-12-20)25(28)26-21-13-9-4-3-5-10-14-21/h6-8,11-12,15-17,21,23,27H,3-5,9-10,13-14,18H2,1-2H3,(H,26,28). The first-order chi connectivity index (χ1) is 15.4. The number of amides is 1. The molecule has 0 bridgehead atoms. The number of aryl methyl sites for hydroxylation is 1. The van der Waals surface area contributed by atoms with Crippen LogP contribution in [0.2, 0.25) is 0 Å². The van der Waals surface area contributed by atoms with Crippen LogP contribution in [-0.4, -0.2) is 33.5 Å². The smallest absolute Gasteiger partial charge is 0.241 e. The lowest BCUT2D eigenvalue weighted by molar-refractivity contribution is -0.123. The van der Waals surface area contributed by atoms with Gasteiger partial charge in [-0.15, -0.1) is 0 Å². The highest BCUT2D eigenvalue weighted by molar-refractivity contribution is 7.89. The van der Waals surface area contributed by atoms with Gasteiger partial charge in [-0.25, -0.2) is 8.42 Å². The summed E-state index contributed by atoms with van der Waals surface area (Å²) in [5, 5.41) is 3.12. The molecule has 1 fully saturated rings. The summed E-state index contributed by atoms with van der Waals surface area (Å²) in [6, 6.07) is 13.4. The average Bonchev–Trinajstić information content (AvgIpc) is 2.75. The SMILES string of the molecule is COc1ccc(S(=O)(=O)NC(Cc2ccccc2)C(=O)NC2CCCCCCC2)cc1C. The second-order valence-electron chi connectivity index (χ2n) is 8.55. The maximum absolute atomic E-state index is 13.2. The summed E-state index contributed by atoms with van der Waals surface area (Å²) < 4.78 is 34.2. The largest absolute Gasteiger partial charge is 0.496 e. The number of rotatable bonds is 8.